The number of anilines is 2. The van der Waals surface area contributed by atoms with Crippen molar-refractivity contribution >= 4 is 17.3 Å². The number of ether oxygens (including phenoxy) is 1. The summed E-state index contributed by atoms with van der Waals surface area (Å²) in [6.07, 6.45) is 3.83. The topological polar surface area (TPSA) is 67.6 Å². The van der Waals surface area contributed by atoms with E-state index in [9.17, 15) is 4.79 Å². The van der Waals surface area contributed by atoms with Crippen molar-refractivity contribution in [3.63, 3.8) is 0 Å². The van der Waals surface area contributed by atoms with Crippen LogP contribution in [0.25, 0.3) is 0 Å². The van der Waals surface area contributed by atoms with Gasteiger partial charge in [0.2, 0.25) is 5.91 Å². The van der Waals surface area contributed by atoms with Crippen LogP contribution in [-0.4, -0.2) is 38.8 Å². The Kier molecular flexibility index (Phi) is 5.38. The molecule has 1 atom stereocenters. The molecule has 0 spiro atoms. The number of nitrogens with one attached hydrogen (secondary N) is 1. The molecule has 0 bridgehead atoms. The molecule has 1 aromatic rings. The lowest BCUT2D eigenvalue weighted by Gasteiger charge is -2.28. The third kappa shape index (κ3) is 3.95. The molecule has 110 valence electrons. The first kappa shape index (κ1) is 14.8. The van der Waals surface area contributed by atoms with Gasteiger partial charge in [-0.3, -0.25) is 4.79 Å². The lowest BCUT2D eigenvalue weighted by atomic mass is 10.1. The second-order valence-electron chi connectivity index (χ2n) is 5.15. The highest BCUT2D eigenvalue weighted by atomic mass is 16.5. The third-order valence-corrected chi connectivity index (χ3v) is 3.54. The number of carbonyl (C=O) groups excluding carboxylic acids is 1. The summed E-state index contributed by atoms with van der Waals surface area (Å²) in [5.74, 6) is -0.224. The van der Waals surface area contributed by atoms with E-state index >= 15 is 0 Å². The number of hydrogen-bond donors (Lipinski definition) is 2. The Morgan fingerprint density at radius 1 is 1.30 bits per heavy atom. The largest absolute Gasteiger partial charge is 0.383 e. The molecule has 0 radical (unpaired) electrons. The maximum atomic E-state index is 11.8. The van der Waals surface area contributed by atoms with E-state index in [0.717, 1.165) is 18.8 Å². The number of piperidine rings is 1. The van der Waals surface area contributed by atoms with E-state index in [0.29, 0.717) is 0 Å². The highest BCUT2D eigenvalue weighted by Gasteiger charge is 2.14. The first-order chi connectivity index (χ1) is 9.70. The Balaban J connectivity index is 1.92. The average Bonchev–Trinajstić information content (AvgIpc) is 2.49. The smallest absolute Gasteiger partial charge is 0.243 e. The van der Waals surface area contributed by atoms with Gasteiger partial charge in [-0.1, -0.05) is 0 Å². The number of nitrogens with zero attached hydrogens (tertiary/aromatic N) is 1. The Morgan fingerprint density at radius 3 is 2.55 bits per heavy atom. The fourth-order valence-corrected chi connectivity index (χ4v) is 2.40. The number of methoxy groups -OCH3 is 1. The van der Waals surface area contributed by atoms with Crippen LogP contribution in [0.5, 0.6) is 0 Å². The van der Waals surface area contributed by atoms with Crippen LogP contribution in [0, 0.1) is 0 Å². The molecule has 1 unspecified atom stereocenters. The van der Waals surface area contributed by atoms with Gasteiger partial charge in [0.15, 0.2) is 0 Å². The molecule has 1 saturated heterocycles. The standard InChI is InChI=1S/C15H23N3O2/c1-20-11-14(16)15(19)17-12-5-7-13(8-6-12)18-9-3-2-4-10-18/h5-8,14H,2-4,9-11,16H2,1H3,(H,17,19). The maximum Gasteiger partial charge on any atom is 0.243 e. The van der Waals surface area contributed by atoms with Crippen LogP contribution in [0.3, 0.4) is 0 Å². The van der Waals surface area contributed by atoms with E-state index < -0.39 is 6.04 Å². The molecule has 0 aromatic heterocycles. The highest BCUT2D eigenvalue weighted by molar-refractivity contribution is 5.94. The summed E-state index contributed by atoms with van der Waals surface area (Å²) in [5.41, 5.74) is 7.66. The zero-order valence-corrected chi connectivity index (χ0v) is 12.0. The fourth-order valence-electron chi connectivity index (χ4n) is 2.40. The number of amides is 1. The molecule has 5 nitrogen and oxygen atoms in total. The molecule has 20 heavy (non-hydrogen) atoms. The predicted molar refractivity (Wildman–Crippen MR) is 81.0 cm³/mol. The van der Waals surface area contributed by atoms with E-state index in [1.165, 1.54) is 32.1 Å². The van der Waals surface area contributed by atoms with E-state index in [1.54, 1.807) is 0 Å². The van der Waals surface area contributed by atoms with Crippen LogP contribution in [0.1, 0.15) is 19.3 Å². The van der Waals surface area contributed by atoms with Crippen LogP contribution in [-0.2, 0) is 9.53 Å². The minimum atomic E-state index is -0.637. The SMILES string of the molecule is COCC(N)C(=O)Nc1ccc(N2CCCCC2)cc1. The number of benzene rings is 1. The summed E-state index contributed by atoms with van der Waals surface area (Å²) in [4.78, 5) is 14.1. The maximum absolute atomic E-state index is 11.8. The molecule has 5 heteroatoms. The van der Waals surface area contributed by atoms with Crippen molar-refractivity contribution in [1.82, 2.24) is 0 Å². The summed E-state index contributed by atoms with van der Waals surface area (Å²) < 4.78 is 4.87. The van der Waals surface area contributed by atoms with Crippen LogP contribution in [0.2, 0.25) is 0 Å². The zero-order chi connectivity index (χ0) is 14.4. The van der Waals surface area contributed by atoms with Crippen molar-refractivity contribution in [1.29, 1.82) is 0 Å². The number of carbonyl (C=O) groups is 1. The van der Waals surface area contributed by atoms with E-state index in [4.69, 9.17) is 10.5 Å². The molecule has 1 aromatic carbocycles. The first-order valence-electron chi connectivity index (χ1n) is 7.11. The highest BCUT2D eigenvalue weighted by Crippen LogP contribution is 2.21. The minimum Gasteiger partial charge on any atom is -0.383 e. The van der Waals surface area contributed by atoms with E-state index in [2.05, 4.69) is 10.2 Å². The average molecular weight is 277 g/mol. The molecule has 1 fully saturated rings. The molecule has 3 N–H and O–H groups in total. The van der Waals surface area contributed by atoms with Gasteiger partial charge in [0.25, 0.3) is 0 Å². The summed E-state index contributed by atoms with van der Waals surface area (Å²) in [7, 11) is 1.53. The second kappa shape index (κ2) is 7.26. The molecule has 2 rings (SSSR count). The van der Waals surface area contributed by atoms with Crippen LogP contribution < -0.4 is 16.0 Å². The lowest BCUT2D eigenvalue weighted by Crippen LogP contribution is -2.39. The van der Waals surface area contributed by atoms with Crippen molar-refractivity contribution in [3.8, 4) is 0 Å². The van der Waals surface area contributed by atoms with Crippen molar-refractivity contribution in [2.24, 2.45) is 5.73 Å². The van der Waals surface area contributed by atoms with Gasteiger partial charge >= 0.3 is 0 Å². The van der Waals surface area contributed by atoms with Crippen LogP contribution >= 0.6 is 0 Å². The van der Waals surface area contributed by atoms with E-state index in [-0.39, 0.29) is 12.5 Å². The predicted octanol–water partition coefficient (Wildman–Crippen LogP) is 1.59. The summed E-state index contributed by atoms with van der Waals surface area (Å²) in [6.45, 7) is 2.45. The summed E-state index contributed by atoms with van der Waals surface area (Å²) in [6, 6.07) is 7.29. The first-order valence-corrected chi connectivity index (χ1v) is 7.11. The molecular formula is C15H23N3O2. The van der Waals surface area contributed by atoms with Gasteiger partial charge in [0.1, 0.15) is 6.04 Å². The zero-order valence-electron chi connectivity index (χ0n) is 12.0. The van der Waals surface area contributed by atoms with Gasteiger partial charge < -0.3 is 20.7 Å². The van der Waals surface area contributed by atoms with Crippen molar-refractivity contribution in [2.75, 3.05) is 37.0 Å². The molecule has 0 aliphatic carbocycles. The monoisotopic (exact) mass is 277 g/mol. The molecule has 0 saturated carbocycles. The molecular weight excluding hydrogens is 254 g/mol. The number of rotatable bonds is 5. The van der Waals surface area contributed by atoms with Gasteiger partial charge in [-0.25, -0.2) is 0 Å². The lowest BCUT2D eigenvalue weighted by molar-refractivity contribution is -0.118. The van der Waals surface area contributed by atoms with Crippen molar-refractivity contribution in [2.45, 2.75) is 25.3 Å². The Labute approximate surface area is 120 Å². The molecule has 1 aliphatic heterocycles. The Bertz CT molecular complexity index is 427. The summed E-state index contributed by atoms with van der Waals surface area (Å²) >= 11 is 0. The van der Waals surface area contributed by atoms with Gasteiger partial charge in [0.05, 0.1) is 6.61 Å². The number of nitrogens with two attached hydrogens (primary N) is 1. The van der Waals surface area contributed by atoms with Crippen molar-refractivity contribution < 1.29 is 9.53 Å². The van der Waals surface area contributed by atoms with Crippen molar-refractivity contribution in [3.05, 3.63) is 24.3 Å². The van der Waals surface area contributed by atoms with Crippen LogP contribution in [0.4, 0.5) is 11.4 Å². The van der Waals surface area contributed by atoms with Gasteiger partial charge in [-0.05, 0) is 43.5 Å². The van der Waals surface area contributed by atoms with Crippen LogP contribution in [0.15, 0.2) is 24.3 Å². The van der Waals surface area contributed by atoms with Gasteiger partial charge in [-0.15, -0.1) is 0 Å². The molecule has 1 amide bonds. The molecule has 1 heterocycles. The second-order valence-corrected chi connectivity index (χ2v) is 5.15. The summed E-state index contributed by atoms with van der Waals surface area (Å²) in [5, 5.41) is 2.79. The third-order valence-electron chi connectivity index (χ3n) is 3.54. The quantitative estimate of drug-likeness (QED) is 0.857. The number of hydrogen-bond acceptors (Lipinski definition) is 4. The normalized spacial score (nSPS) is 16.8. The Morgan fingerprint density at radius 2 is 1.95 bits per heavy atom. The fraction of sp³-hybridized carbons (Fsp3) is 0.533. The van der Waals surface area contributed by atoms with Gasteiger partial charge in [0, 0.05) is 31.6 Å². The van der Waals surface area contributed by atoms with Gasteiger partial charge in [-0.2, -0.15) is 0 Å². The minimum absolute atomic E-state index is 0.220. The Hall–Kier alpha value is -1.59. The molecule has 1 aliphatic rings. The van der Waals surface area contributed by atoms with E-state index in [1.807, 2.05) is 24.3 Å².